The quantitative estimate of drug-likeness (QED) is 0.484. The molecule has 0 amide bonds. The van der Waals surface area contributed by atoms with Crippen LogP contribution in [0.1, 0.15) is 32.7 Å². The van der Waals surface area contributed by atoms with E-state index < -0.39 is 0 Å². The standard InChI is InChI=1S/C26H37N7O4/c1-17(2)33-16-27-22-24(28-18-14-20(34-3)23(36-5)21(15-18)35-4)29-26(30-25(22)33)32-8-6-19(7-9-32)31-10-12-37-13-11-31/h14-17,19H,6-13H2,1-5H3,(H,28,29,30). The Bertz CT molecular complexity index is 1190. The molecule has 1 aromatic carbocycles. The van der Waals surface area contributed by atoms with Gasteiger partial charge in [0.05, 0.1) is 40.9 Å². The van der Waals surface area contributed by atoms with Crippen molar-refractivity contribution in [2.75, 3.05) is 70.9 Å². The van der Waals surface area contributed by atoms with Crippen LogP contribution in [0, 0.1) is 0 Å². The van der Waals surface area contributed by atoms with E-state index in [1.165, 1.54) is 0 Å². The third-order valence-electron chi connectivity index (χ3n) is 7.20. The highest BCUT2D eigenvalue weighted by Gasteiger charge is 2.28. The lowest BCUT2D eigenvalue weighted by Gasteiger charge is -2.40. The summed E-state index contributed by atoms with van der Waals surface area (Å²) in [5.74, 6) is 3.02. The highest BCUT2D eigenvalue weighted by molar-refractivity contribution is 5.87. The van der Waals surface area contributed by atoms with Gasteiger partial charge in [-0.05, 0) is 26.7 Å². The molecule has 2 aliphatic rings. The fourth-order valence-corrected chi connectivity index (χ4v) is 5.18. The van der Waals surface area contributed by atoms with Gasteiger partial charge in [-0.2, -0.15) is 9.97 Å². The van der Waals surface area contributed by atoms with E-state index in [4.69, 9.17) is 28.9 Å². The summed E-state index contributed by atoms with van der Waals surface area (Å²) in [6.07, 6.45) is 4.00. The molecule has 0 spiro atoms. The van der Waals surface area contributed by atoms with Crippen LogP contribution in [0.4, 0.5) is 17.5 Å². The van der Waals surface area contributed by atoms with E-state index in [1.54, 1.807) is 21.3 Å². The van der Waals surface area contributed by atoms with Crippen LogP contribution in [0.5, 0.6) is 17.2 Å². The highest BCUT2D eigenvalue weighted by atomic mass is 16.5. The molecule has 0 saturated carbocycles. The first-order chi connectivity index (χ1) is 18.0. The maximum Gasteiger partial charge on any atom is 0.229 e. The van der Waals surface area contributed by atoms with Crippen molar-refractivity contribution in [3.05, 3.63) is 18.5 Å². The number of morpholine rings is 1. The SMILES string of the molecule is COc1cc(Nc2nc(N3CCC(N4CCOCC4)CC3)nc3c2ncn3C(C)C)cc(OC)c1OC. The Morgan fingerprint density at radius 1 is 0.946 bits per heavy atom. The number of nitrogens with zero attached hydrogens (tertiary/aromatic N) is 6. The van der Waals surface area contributed by atoms with E-state index in [-0.39, 0.29) is 6.04 Å². The highest BCUT2D eigenvalue weighted by Crippen LogP contribution is 2.41. The molecule has 37 heavy (non-hydrogen) atoms. The van der Waals surface area contributed by atoms with Gasteiger partial charge in [-0.1, -0.05) is 0 Å². The number of methoxy groups -OCH3 is 3. The van der Waals surface area contributed by atoms with Crippen LogP contribution < -0.4 is 24.4 Å². The van der Waals surface area contributed by atoms with E-state index >= 15 is 0 Å². The third kappa shape index (κ3) is 5.10. The monoisotopic (exact) mass is 511 g/mol. The Labute approximate surface area is 217 Å². The summed E-state index contributed by atoms with van der Waals surface area (Å²) >= 11 is 0. The number of ether oxygens (including phenoxy) is 4. The zero-order valence-electron chi connectivity index (χ0n) is 22.4. The van der Waals surface area contributed by atoms with Crippen molar-refractivity contribution < 1.29 is 18.9 Å². The number of aromatic nitrogens is 4. The van der Waals surface area contributed by atoms with Crippen LogP contribution in [0.3, 0.4) is 0 Å². The number of rotatable bonds is 8. The summed E-state index contributed by atoms with van der Waals surface area (Å²) in [5.41, 5.74) is 2.28. The average Bonchev–Trinajstić information content (AvgIpc) is 3.38. The predicted molar refractivity (Wildman–Crippen MR) is 143 cm³/mol. The van der Waals surface area contributed by atoms with Crippen molar-refractivity contribution in [1.29, 1.82) is 0 Å². The van der Waals surface area contributed by atoms with Gasteiger partial charge in [0.15, 0.2) is 28.5 Å². The molecular weight excluding hydrogens is 474 g/mol. The first-order valence-electron chi connectivity index (χ1n) is 12.9. The molecule has 0 unspecified atom stereocenters. The Kier molecular flexibility index (Phi) is 7.52. The lowest BCUT2D eigenvalue weighted by atomic mass is 10.0. The van der Waals surface area contributed by atoms with Crippen LogP contribution in [-0.2, 0) is 4.74 Å². The molecule has 200 valence electrons. The molecule has 0 aliphatic carbocycles. The topological polar surface area (TPSA) is 99.0 Å². The van der Waals surface area contributed by atoms with Crippen molar-refractivity contribution in [2.24, 2.45) is 0 Å². The van der Waals surface area contributed by atoms with Crippen LogP contribution in [0.2, 0.25) is 0 Å². The van der Waals surface area contributed by atoms with E-state index in [9.17, 15) is 0 Å². The minimum Gasteiger partial charge on any atom is -0.493 e. The molecule has 2 aromatic heterocycles. The molecular formula is C26H37N7O4. The van der Waals surface area contributed by atoms with E-state index in [1.807, 2.05) is 18.5 Å². The largest absolute Gasteiger partial charge is 0.493 e. The Morgan fingerprint density at radius 2 is 1.62 bits per heavy atom. The molecule has 2 aliphatic heterocycles. The summed E-state index contributed by atoms with van der Waals surface area (Å²) in [6, 6.07) is 4.53. The van der Waals surface area contributed by atoms with Gasteiger partial charge in [0.1, 0.15) is 0 Å². The normalized spacial score (nSPS) is 17.4. The molecule has 1 N–H and O–H groups in total. The van der Waals surface area contributed by atoms with Gasteiger partial charge in [0.2, 0.25) is 11.7 Å². The second-order valence-corrected chi connectivity index (χ2v) is 9.70. The molecule has 3 aromatic rings. The van der Waals surface area contributed by atoms with E-state index in [0.29, 0.717) is 35.1 Å². The molecule has 11 heteroatoms. The fourth-order valence-electron chi connectivity index (χ4n) is 5.18. The number of hydrogen-bond acceptors (Lipinski definition) is 10. The van der Waals surface area contributed by atoms with Crippen molar-refractivity contribution in [2.45, 2.75) is 38.8 Å². The maximum atomic E-state index is 5.54. The first kappa shape index (κ1) is 25.3. The molecule has 0 atom stereocenters. The van der Waals surface area contributed by atoms with E-state index in [2.05, 4.69) is 38.5 Å². The number of fused-ring (bicyclic) bond motifs is 1. The van der Waals surface area contributed by atoms with Crippen molar-refractivity contribution >= 4 is 28.6 Å². The first-order valence-corrected chi connectivity index (χ1v) is 12.9. The van der Waals surface area contributed by atoms with Crippen LogP contribution in [-0.4, -0.2) is 91.2 Å². The van der Waals surface area contributed by atoms with Gasteiger partial charge in [0.25, 0.3) is 0 Å². The number of imidazole rings is 1. The van der Waals surface area contributed by atoms with Crippen LogP contribution >= 0.6 is 0 Å². The van der Waals surface area contributed by atoms with Gasteiger partial charge < -0.3 is 33.7 Å². The van der Waals surface area contributed by atoms with Crippen LogP contribution in [0.25, 0.3) is 11.2 Å². The molecule has 11 nitrogen and oxygen atoms in total. The van der Waals surface area contributed by atoms with Gasteiger partial charge in [-0.3, -0.25) is 4.90 Å². The predicted octanol–water partition coefficient (Wildman–Crippen LogP) is 3.48. The zero-order valence-corrected chi connectivity index (χ0v) is 22.4. The minimum absolute atomic E-state index is 0.217. The lowest BCUT2D eigenvalue weighted by molar-refractivity contribution is 0.0114. The molecule has 0 radical (unpaired) electrons. The molecule has 4 heterocycles. The number of anilines is 3. The summed E-state index contributed by atoms with van der Waals surface area (Å²) in [5, 5.41) is 3.45. The van der Waals surface area contributed by atoms with E-state index in [0.717, 1.165) is 69.1 Å². The number of benzene rings is 1. The summed E-state index contributed by atoms with van der Waals surface area (Å²) in [4.78, 5) is 19.5. The zero-order chi connectivity index (χ0) is 25.9. The Hall–Kier alpha value is -3.31. The average molecular weight is 512 g/mol. The molecule has 0 bridgehead atoms. The second-order valence-electron chi connectivity index (χ2n) is 9.70. The third-order valence-corrected chi connectivity index (χ3v) is 7.20. The lowest BCUT2D eigenvalue weighted by Crippen LogP contribution is -2.49. The number of hydrogen-bond donors (Lipinski definition) is 1. The second kappa shape index (κ2) is 11.0. The van der Waals surface area contributed by atoms with Gasteiger partial charge in [0, 0.05) is 56.1 Å². The fraction of sp³-hybridized carbons (Fsp3) is 0.577. The minimum atomic E-state index is 0.217. The Balaban J connectivity index is 1.46. The number of nitrogens with one attached hydrogen (secondary N) is 1. The number of piperidine rings is 1. The maximum absolute atomic E-state index is 5.54. The van der Waals surface area contributed by atoms with Crippen LogP contribution in [0.15, 0.2) is 18.5 Å². The van der Waals surface area contributed by atoms with Gasteiger partial charge in [-0.15, -0.1) is 0 Å². The van der Waals surface area contributed by atoms with Crippen molar-refractivity contribution in [3.63, 3.8) is 0 Å². The molecule has 2 saturated heterocycles. The van der Waals surface area contributed by atoms with Gasteiger partial charge >= 0.3 is 0 Å². The molecule has 2 fully saturated rings. The van der Waals surface area contributed by atoms with Gasteiger partial charge in [-0.25, -0.2) is 4.98 Å². The van der Waals surface area contributed by atoms with Crippen molar-refractivity contribution in [1.82, 2.24) is 24.4 Å². The molecule has 5 rings (SSSR count). The summed E-state index contributed by atoms with van der Waals surface area (Å²) in [7, 11) is 4.80. The summed E-state index contributed by atoms with van der Waals surface area (Å²) in [6.45, 7) is 9.77. The van der Waals surface area contributed by atoms with Crippen molar-refractivity contribution in [3.8, 4) is 17.2 Å². The summed E-state index contributed by atoms with van der Waals surface area (Å²) < 4.78 is 24.2. The smallest absolute Gasteiger partial charge is 0.229 e. The Morgan fingerprint density at radius 3 is 2.22 bits per heavy atom.